The fraction of sp³-hybridized carbons (Fsp3) is 0.0625. The van der Waals surface area contributed by atoms with Gasteiger partial charge in [-0.1, -0.05) is 0 Å². The second kappa shape index (κ2) is 7.03. The molecule has 0 unspecified atom stereocenters. The van der Waals surface area contributed by atoms with Crippen molar-refractivity contribution in [3.63, 3.8) is 0 Å². The molecule has 0 bridgehead atoms. The first-order valence-corrected chi connectivity index (χ1v) is 16.6. The van der Waals surface area contributed by atoms with E-state index in [4.69, 9.17) is 29.0 Å². The summed E-state index contributed by atoms with van der Waals surface area (Å²) in [5, 5.41) is 1.36. The molecule has 0 aliphatic heterocycles. The molecule has 0 atom stereocenters. The molecule has 3 nitrogen and oxygen atoms in total. The fourth-order valence-corrected chi connectivity index (χ4v) is 6.58. The first-order chi connectivity index (χ1) is 10.7. The van der Waals surface area contributed by atoms with Crippen LogP contribution in [0.25, 0.3) is 11.0 Å². The van der Waals surface area contributed by atoms with Gasteiger partial charge in [-0.15, -0.1) is 0 Å². The molecule has 108 valence electrons. The van der Waals surface area contributed by atoms with E-state index < -0.39 is 29.0 Å². The number of halogens is 2. The molecule has 0 radical (unpaired) electrons. The Hall–Kier alpha value is -1.03. The van der Waals surface area contributed by atoms with Gasteiger partial charge in [0.05, 0.1) is 0 Å². The zero-order valence-corrected chi connectivity index (χ0v) is 18.5. The summed E-state index contributed by atoms with van der Waals surface area (Å²) in [7, 11) is 6.11. The van der Waals surface area contributed by atoms with Gasteiger partial charge in [-0.3, -0.25) is 0 Å². The van der Waals surface area contributed by atoms with Crippen LogP contribution in [-0.4, -0.2) is 0 Å². The van der Waals surface area contributed by atoms with Gasteiger partial charge in [0.2, 0.25) is 0 Å². The average Bonchev–Trinajstić information content (AvgIpc) is 2.53. The van der Waals surface area contributed by atoms with Crippen LogP contribution in [0.2, 0.25) is 5.02 Å². The predicted octanol–water partition coefficient (Wildman–Crippen LogP) is 3.89. The molecular weight excluding hydrogens is 512 g/mol. The van der Waals surface area contributed by atoms with E-state index in [2.05, 4.69) is 0 Å². The van der Waals surface area contributed by atoms with Gasteiger partial charge in [-0.25, -0.2) is 0 Å². The molecule has 0 spiro atoms. The monoisotopic (exact) mass is 522 g/mol. The molecule has 0 saturated carbocycles. The molecule has 0 aliphatic rings. The summed E-state index contributed by atoms with van der Waals surface area (Å²) in [4.78, 5) is 11.7. The Balaban J connectivity index is 1.97. The van der Waals surface area contributed by atoms with Crippen LogP contribution >= 0.6 is 19.9 Å². The van der Waals surface area contributed by atoms with E-state index in [1.54, 1.807) is 18.2 Å². The Bertz CT molecular complexity index is 877. The van der Waals surface area contributed by atoms with Crippen LogP contribution in [0.5, 0.6) is 5.75 Å². The Kier molecular flexibility index (Phi) is 5.06. The number of fused-ring (bicyclic) bond motifs is 1. The zero-order chi connectivity index (χ0) is 15.5. The summed E-state index contributed by atoms with van der Waals surface area (Å²) in [5.74, 6) is 0.794. The summed E-state index contributed by atoms with van der Waals surface area (Å²) in [6.07, 6.45) is 0. The van der Waals surface area contributed by atoms with Crippen molar-refractivity contribution in [2.75, 3.05) is 0 Å². The summed E-state index contributed by atoms with van der Waals surface area (Å²) >= 11 is 4.45. The molecule has 0 amide bonds. The van der Waals surface area contributed by atoms with E-state index in [9.17, 15) is 4.79 Å². The van der Waals surface area contributed by atoms with Crippen LogP contribution in [0, 0.1) is 0 Å². The van der Waals surface area contributed by atoms with E-state index in [1.807, 2.05) is 24.3 Å². The van der Waals surface area contributed by atoms with Crippen molar-refractivity contribution in [3.05, 3.63) is 69.5 Å². The molecule has 3 aromatic rings. The second-order valence-corrected chi connectivity index (χ2v) is 11.5. The molecular formula is C16H10Cl2HgO3. The predicted molar refractivity (Wildman–Crippen MR) is 83.8 cm³/mol. The van der Waals surface area contributed by atoms with E-state index in [0.29, 0.717) is 10.6 Å². The molecule has 0 saturated heterocycles. The van der Waals surface area contributed by atoms with Crippen molar-refractivity contribution in [3.8, 4) is 5.75 Å². The van der Waals surface area contributed by atoms with Crippen molar-refractivity contribution < 1.29 is 32.5 Å². The Labute approximate surface area is 147 Å². The van der Waals surface area contributed by atoms with Crippen LogP contribution in [0.15, 0.2) is 57.7 Å². The SMILES string of the molecule is O=c1cc(COc2cccc[c]2[Hg][Cl])c2cc(Cl)ccc2o1. The van der Waals surface area contributed by atoms with Crippen LogP contribution in [0.1, 0.15) is 5.56 Å². The topological polar surface area (TPSA) is 39.4 Å². The van der Waals surface area contributed by atoms with Crippen molar-refractivity contribution in [2.45, 2.75) is 6.61 Å². The number of hydrogen-bond acceptors (Lipinski definition) is 3. The Morgan fingerprint density at radius 1 is 1.14 bits per heavy atom. The summed E-state index contributed by atoms with van der Waals surface area (Å²) in [6.45, 7) is 0.268. The summed E-state index contributed by atoms with van der Waals surface area (Å²) in [5.41, 5.74) is 0.843. The van der Waals surface area contributed by atoms with E-state index in [0.717, 1.165) is 19.8 Å². The molecule has 3 rings (SSSR count). The van der Waals surface area contributed by atoms with Crippen LogP contribution in [-0.2, 0) is 29.9 Å². The van der Waals surface area contributed by atoms with Crippen LogP contribution < -0.4 is 13.4 Å². The van der Waals surface area contributed by atoms with Gasteiger partial charge < -0.3 is 0 Å². The van der Waals surface area contributed by atoms with Gasteiger partial charge in [0, 0.05) is 0 Å². The van der Waals surface area contributed by atoms with Gasteiger partial charge in [0.1, 0.15) is 0 Å². The molecule has 1 aromatic heterocycles. The van der Waals surface area contributed by atoms with E-state index >= 15 is 0 Å². The fourth-order valence-electron chi connectivity index (χ4n) is 2.23. The van der Waals surface area contributed by atoms with Gasteiger partial charge in [0.25, 0.3) is 0 Å². The molecule has 6 heteroatoms. The Morgan fingerprint density at radius 3 is 2.77 bits per heavy atom. The molecule has 22 heavy (non-hydrogen) atoms. The Morgan fingerprint density at radius 2 is 1.95 bits per heavy atom. The molecule has 0 aliphatic carbocycles. The third-order valence-corrected chi connectivity index (χ3v) is 9.44. The van der Waals surface area contributed by atoms with Gasteiger partial charge in [0.15, 0.2) is 0 Å². The third kappa shape index (κ3) is 3.48. The molecule has 0 N–H and O–H groups in total. The third-order valence-electron chi connectivity index (χ3n) is 3.29. The number of hydrogen-bond donors (Lipinski definition) is 0. The summed E-state index contributed by atoms with van der Waals surface area (Å²) < 4.78 is 12.2. The van der Waals surface area contributed by atoms with Crippen molar-refractivity contribution in [2.24, 2.45) is 0 Å². The minimum atomic E-state index is -1.57. The first kappa shape index (κ1) is 15.8. The standard InChI is InChI=1S/C16H10ClO3.ClH.Hg/c17-12-6-7-15-14(9-12)11(8-16(18)20-15)10-19-13-4-2-1-3-5-13;;/h1-4,6-9H,10H2;1H;/q;;+1/p-1. The number of ether oxygens (including phenoxy) is 1. The molecule has 2 aromatic carbocycles. The van der Waals surface area contributed by atoms with Crippen LogP contribution in [0.3, 0.4) is 0 Å². The zero-order valence-electron chi connectivity index (χ0n) is 11.5. The number of rotatable bonds is 4. The number of benzene rings is 2. The van der Waals surface area contributed by atoms with Gasteiger partial charge in [-0.05, 0) is 0 Å². The molecule has 0 fully saturated rings. The summed E-state index contributed by atoms with van der Waals surface area (Å²) in [6, 6.07) is 14.3. The van der Waals surface area contributed by atoms with Crippen LogP contribution in [0.4, 0.5) is 0 Å². The molecule has 1 heterocycles. The van der Waals surface area contributed by atoms with Gasteiger partial charge in [-0.2, -0.15) is 0 Å². The average molecular weight is 522 g/mol. The normalized spacial score (nSPS) is 10.5. The quantitative estimate of drug-likeness (QED) is 0.386. The van der Waals surface area contributed by atoms with E-state index in [-0.39, 0.29) is 6.61 Å². The first-order valence-electron chi connectivity index (χ1n) is 6.66. The van der Waals surface area contributed by atoms with Crippen molar-refractivity contribution in [1.29, 1.82) is 0 Å². The van der Waals surface area contributed by atoms with Gasteiger partial charge >= 0.3 is 148 Å². The maximum absolute atomic E-state index is 11.7. The number of para-hydroxylation sites is 1. The van der Waals surface area contributed by atoms with Crippen molar-refractivity contribution >= 4 is 33.9 Å². The minimum absolute atomic E-state index is 0.268. The second-order valence-electron chi connectivity index (χ2n) is 4.76. The van der Waals surface area contributed by atoms with E-state index in [1.165, 1.54) is 6.07 Å². The maximum atomic E-state index is 11.7. The van der Waals surface area contributed by atoms with Crippen molar-refractivity contribution in [1.82, 2.24) is 0 Å².